The number of ether oxygens (including phenoxy) is 1. The van der Waals surface area contributed by atoms with Crippen molar-refractivity contribution in [3.05, 3.63) is 29.8 Å². The van der Waals surface area contributed by atoms with Crippen molar-refractivity contribution in [3.63, 3.8) is 0 Å². The van der Waals surface area contributed by atoms with E-state index in [2.05, 4.69) is 5.32 Å². The lowest BCUT2D eigenvalue weighted by molar-refractivity contribution is -0.117. The molecule has 1 amide bonds. The number of hydrogen-bond acceptors (Lipinski definition) is 3. The van der Waals surface area contributed by atoms with Gasteiger partial charge in [-0.3, -0.25) is 4.79 Å². The molecule has 1 aromatic carbocycles. The van der Waals surface area contributed by atoms with Crippen LogP contribution in [0.4, 0.5) is 0 Å². The number of hydrogen-bond donors (Lipinski definition) is 2. The summed E-state index contributed by atoms with van der Waals surface area (Å²) in [6, 6.07) is 5.29. The molecule has 0 heterocycles. The van der Waals surface area contributed by atoms with Gasteiger partial charge in [0, 0.05) is 23.7 Å². The molecule has 1 aliphatic carbocycles. The molecule has 1 saturated carbocycles. The Labute approximate surface area is 119 Å². The van der Waals surface area contributed by atoms with E-state index in [0.717, 1.165) is 12.8 Å². The number of amides is 1. The van der Waals surface area contributed by atoms with Gasteiger partial charge in [0.15, 0.2) is 0 Å². The molecular weight excluding hydrogens is 254 g/mol. The van der Waals surface area contributed by atoms with Gasteiger partial charge in [-0.05, 0) is 31.1 Å². The zero-order valence-electron chi connectivity index (χ0n) is 11.8. The number of benzene rings is 1. The van der Waals surface area contributed by atoms with Gasteiger partial charge in [-0.25, -0.2) is 0 Å². The lowest BCUT2D eigenvalue weighted by Gasteiger charge is -2.21. The number of carbonyl (C=O) groups is 1. The molecule has 0 aliphatic heterocycles. The molecule has 2 rings (SSSR count). The number of phenols is 1. The van der Waals surface area contributed by atoms with Gasteiger partial charge in [0.2, 0.25) is 5.91 Å². The van der Waals surface area contributed by atoms with Crippen molar-refractivity contribution in [1.29, 1.82) is 0 Å². The number of carbonyl (C=O) groups excluding carboxylic acids is 1. The van der Waals surface area contributed by atoms with Gasteiger partial charge in [0.25, 0.3) is 0 Å². The zero-order chi connectivity index (χ0) is 14.4. The van der Waals surface area contributed by atoms with E-state index in [1.54, 1.807) is 25.3 Å². The first-order chi connectivity index (χ1) is 9.69. The highest BCUT2D eigenvalue weighted by atomic mass is 16.5. The van der Waals surface area contributed by atoms with Crippen molar-refractivity contribution in [2.24, 2.45) is 0 Å². The average molecular weight is 275 g/mol. The van der Waals surface area contributed by atoms with E-state index in [4.69, 9.17) is 4.74 Å². The first kappa shape index (κ1) is 14.4. The van der Waals surface area contributed by atoms with Gasteiger partial charge in [-0.15, -0.1) is 0 Å². The Morgan fingerprint density at radius 3 is 2.75 bits per heavy atom. The number of rotatable bonds is 4. The van der Waals surface area contributed by atoms with E-state index in [9.17, 15) is 9.90 Å². The monoisotopic (exact) mass is 275 g/mol. The Kier molecular flexibility index (Phi) is 5.04. The highest BCUT2D eigenvalue weighted by Crippen LogP contribution is 2.24. The minimum atomic E-state index is -0.105. The molecule has 0 bridgehead atoms. The molecule has 1 fully saturated rings. The number of aromatic hydroxyl groups is 1. The molecule has 0 unspecified atom stereocenters. The van der Waals surface area contributed by atoms with Gasteiger partial charge < -0.3 is 15.2 Å². The van der Waals surface area contributed by atoms with Crippen LogP contribution in [-0.4, -0.2) is 24.2 Å². The van der Waals surface area contributed by atoms with E-state index < -0.39 is 0 Å². The van der Waals surface area contributed by atoms with Crippen LogP contribution in [0.2, 0.25) is 0 Å². The standard InChI is InChI=1S/C16H21NO3/c1-20-14-9-7-12(15(18)11-14)8-10-16(19)17-13-5-3-2-4-6-13/h7-11,13,18H,2-6H2,1H3,(H,17,19)/b10-8+. The molecule has 4 nitrogen and oxygen atoms in total. The van der Waals surface area contributed by atoms with Crippen LogP contribution in [-0.2, 0) is 4.79 Å². The Bertz CT molecular complexity index is 490. The number of phenolic OH excluding ortho intramolecular Hbond substituents is 1. The lowest BCUT2D eigenvalue weighted by Crippen LogP contribution is -2.34. The maximum Gasteiger partial charge on any atom is 0.244 e. The maximum absolute atomic E-state index is 11.8. The average Bonchev–Trinajstić information content (AvgIpc) is 2.47. The summed E-state index contributed by atoms with van der Waals surface area (Å²) >= 11 is 0. The first-order valence-electron chi connectivity index (χ1n) is 7.04. The van der Waals surface area contributed by atoms with Crippen molar-refractivity contribution in [3.8, 4) is 11.5 Å². The fourth-order valence-corrected chi connectivity index (χ4v) is 2.45. The molecule has 1 aliphatic rings. The molecule has 0 spiro atoms. The fourth-order valence-electron chi connectivity index (χ4n) is 2.45. The van der Waals surface area contributed by atoms with Crippen molar-refractivity contribution in [2.45, 2.75) is 38.1 Å². The van der Waals surface area contributed by atoms with Gasteiger partial charge in [0.05, 0.1) is 7.11 Å². The quantitative estimate of drug-likeness (QED) is 0.831. The van der Waals surface area contributed by atoms with Crippen LogP contribution in [0.5, 0.6) is 11.5 Å². The van der Waals surface area contributed by atoms with Crippen molar-refractivity contribution in [2.75, 3.05) is 7.11 Å². The van der Waals surface area contributed by atoms with Gasteiger partial charge in [0.1, 0.15) is 11.5 Å². The van der Waals surface area contributed by atoms with Crippen LogP contribution in [0.1, 0.15) is 37.7 Å². The van der Waals surface area contributed by atoms with Crippen molar-refractivity contribution >= 4 is 12.0 Å². The SMILES string of the molecule is COc1ccc(/C=C/C(=O)NC2CCCCC2)c(O)c1. The summed E-state index contributed by atoms with van der Waals surface area (Å²) in [5, 5.41) is 12.8. The summed E-state index contributed by atoms with van der Waals surface area (Å²) in [6.07, 6.45) is 8.85. The van der Waals surface area contributed by atoms with E-state index in [-0.39, 0.29) is 11.7 Å². The van der Waals surface area contributed by atoms with Gasteiger partial charge >= 0.3 is 0 Å². The Hall–Kier alpha value is -1.97. The summed E-state index contributed by atoms with van der Waals surface area (Å²) in [6.45, 7) is 0. The van der Waals surface area contributed by atoms with Crippen LogP contribution >= 0.6 is 0 Å². The molecule has 0 atom stereocenters. The predicted octanol–water partition coefficient (Wildman–Crippen LogP) is 2.86. The molecule has 4 heteroatoms. The molecule has 1 aromatic rings. The van der Waals surface area contributed by atoms with E-state index in [1.165, 1.54) is 31.4 Å². The van der Waals surface area contributed by atoms with Crippen molar-refractivity contribution < 1.29 is 14.6 Å². The third-order valence-electron chi connectivity index (χ3n) is 3.60. The van der Waals surface area contributed by atoms with Crippen LogP contribution in [0.15, 0.2) is 24.3 Å². The summed E-state index contributed by atoms with van der Waals surface area (Å²) in [4.78, 5) is 11.8. The highest BCUT2D eigenvalue weighted by molar-refractivity contribution is 5.92. The van der Waals surface area contributed by atoms with E-state index in [1.807, 2.05) is 0 Å². The van der Waals surface area contributed by atoms with Crippen LogP contribution in [0.25, 0.3) is 6.08 Å². The Morgan fingerprint density at radius 1 is 1.35 bits per heavy atom. The largest absolute Gasteiger partial charge is 0.507 e. The molecule has 0 saturated heterocycles. The lowest BCUT2D eigenvalue weighted by atomic mass is 9.95. The number of methoxy groups -OCH3 is 1. The fraction of sp³-hybridized carbons (Fsp3) is 0.438. The normalized spacial score (nSPS) is 16.2. The molecule has 0 aromatic heterocycles. The molecule has 0 radical (unpaired) electrons. The maximum atomic E-state index is 11.8. The third-order valence-corrected chi connectivity index (χ3v) is 3.60. The second-order valence-electron chi connectivity index (χ2n) is 5.10. The minimum absolute atomic E-state index is 0.103. The Balaban J connectivity index is 1.92. The van der Waals surface area contributed by atoms with Gasteiger partial charge in [-0.2, -0.15) is 0 Å². The predicted molar refractivity (Wildman–Crippen MR) is 78.7 cm³/mol. The van der Waals surface area contributed by atoms with Crippen LogP contribution in [0, 0.1) is 0 Å². The smallest absolute Gasteiger partial charge is 0.244 e. The van der Waals surface area contributed by atoms with Crippen LogP contribution in [0.3, 0.4) is 0 Å². The summed E-state index contributed by atoms with van der Waals surface area (Å²) in [5.41, 5.74) is 0.601. The second kappa shape index (κ2) is 6.98. The molecule has 108 valence electrons. The van der Waals surface area contributed by atoms with Crippen LogP contribution < -0.4 is 10.1 Å². The number of nitrogens with one attached hydrogen (secondary N) is 1. The van der Waals surface area contributed by atoms with Crippen molar-refractivity contribution in [1.82, 2.24) is 5.32 Å². The van der Waals surface area contributed by atoms with Gasteiger partial charge in [-0.1, -0.05) is 19.3 Å². The summed E-state index contributed by atoms with van der Waals surface area (Å²) < 4.78 is 5.01. The molecular formula is C16H21NO3. The summed E-state index contributed by atoms with van der Waals surface area (Å²) in [5.74, 6) is 0.587. The minimum Gasteiger partial charge on any atom is -0.507 e. The first-order valence-corrected chi connectivity index (χ1v) is 7.04. The third kappa shape index (κ3) is 4.02. The Morgan fingerprint density at radius 2 is 2.10 bits per heavy atom. The van der Waals surface area contributed by atoms with E-state index in [0.29, 0.717) is 17.4 Å². The second-order valence-corrected chi connectivity index (χ2v) is 5.10. The van der Waals surface area contributed by atoms with E-state index >= 15 is 0 Å². The molecule has 2 N–H and O–H groups in total. The topological polar surface area (TPSA) is 58.6 Å². The zero-order valence-corrected chi connectivity index (χ0v) is 11.8. The highest BCUT2D eigenvalue weighted by Gasteiger charge is 2.14. The summed E-state index contributed by atoms with van der Waals surface area (Å²) in [7, 11) is 1.54. The molecule has 20 heavy (non-hydrogen) atoms.